The molecular formula is C20H21N3O2. The van der Waals surface area contributed by atoms with E-state index in [-0.39, 0.29) is 11.8 Å². The molecule has 3 rings (SSSR count). The zero-order chi connectivity index (χ0) is 18.1. The minimum absolute atomic E-state index is 0.0679. The molecule has 5 heteroatoms. The SMILES string of the molecule is Cc1[nH]c2ccc(C(=O)Nc3ccc(C(=O)N(C)C)cc3)cc2c1C. The molecule has 2 amide bonds. The lowest BCUT2D eigenvalue weighted by Crippen LogP contribution is -2.21. The number of H-pyrrole nitrogens is 1. The van der Waals surface area contributed by atoms with E-state index in [1.165, 1.54) is 4.90 Å². The molecule has 0 unspecified atom stereocenters. The number of hydrogen-bond acceptors (Lipinski definition) is 2. The number of amides is 2. The first kappa shape index (κ1) is 16.8. The minimum Gasteiger partial charge on any atom is -0.358 e. The number of aryl methyl sites for hydroxylation is 2. The summed E-state index contributed by atoms with van der Waals surface area (Å²) in [6.07, 6.45) is 0. The maximum atomic E-state index is 12.5. The van der Waals surface area contributed by atoms with Crippen LogP contribution < -0.4 is 5.32 Å². The molecule has 1 aromatic heterocycles. The summed E-state index contributed by atoms with van der Waals surface area (Å²) in [7, 11) is 3.41. The Labute approximate surface area is 146 Å². The van der Waals surface area contributed by atoms with E-state index in [2.05, 4.69) is 10.3 Å². The fourth-order valence-corrected chi connectivity index (χ4v) is 2.76. The molecular weight excluding hydrogens is 314 g/mol. The van der Waals surface area contributed by atoms with Crippen LogP contribution in [0.25, 0.3) is 10.9 Å². The van der Waals surface area contributed by atoms with Gasteiger partial charge in [0.2, 0.25) is 0 Å². The maximum Gasteiger partial charge on any atom is 0.255 e. The predicted molar refractivity (Wildman–Crippen MR) is 100 cm³/mol. The smallest absolute Gasteiger partial charge is 0.255 e. The van der Waals surface area contributed by atoms with Gasteiger partial charge < -0.3 is 15.2 Å². The molecule has 5 nitrogen and oxygen atoms in total. The zero-order valence-corrected chi connectivity index (χ0v) is 14.8. The van der Waals surface area contributed by atoms with Crippen LogP contribution in [0.1, 0.15) is 32.0 Å². The lowest BCUT2D eigenvalue weighted by Gasteiger charge is -2.11. The molecule has 0 aliphatic carbocycles. The average Bonchev–Trinajstić information content (AvgIpc) is 2.88. The van der Waals surface area contributed by atoms with Crippen molar-refractivity contribution in [1.29, 1.82) is 0 Å². The lowest BCUT2D eigenvalue weighted by atomic mass is 10.1. The van der Waals surface area contributed by atoms with E-state index in [1.807, 2.05) is 26.0 Å². The third-order valence-corrected chi connectivity index (χ3v) is 4.37. The highest BCUT2D eigenvalue weighted by Gasteiger charge is 2.11. The molecule has 0 fully saturated rings. The highest BCUT2D eigenvalue weighted by atomic mass is 16.2. The summed E-state index contributed by atoms with van der Waals surface area (Å²) < 4.78 is 0. The number of carbonyl (C=O) groups excluding carboxylic acids is 2. The van der Waals surface area contributed by atoms with Crippen molar-refractivity contribution in [3.05, 3.63) is 64.8 Å². The Bertz CT molecular complexity index is 953. The molecule has 0 spiro atoms. The van der Waals surface area contributed by atoms with Crippen LogP contribution in [0.2, 0.25) is 0 Å². The van der Waals surface area contributed by atoms with E-state index in [4.69, 9.17) is 0 Å². The van der Waals surface area contributed by atoms with Crippen molar-refractivity contribution in [3.8, 4) is 0 Å². The monoisotopic (exact) mass is 335 g/mol. The van der Waals surface area contributed by atoms with E-state index in [9.17, 15) is 9.59 Å². The summed E-state index contributed by atoms with van der Waals surface area (Å²) in [6, 6.07) is 12.5. The van der Waals surface area contributed by atoms with Crippen molar-refractivity contribution in [2.24, 2.45) is 0 Å². The summed E-state index contributed by atoms with van der Waals surface area (Å²) in [6.45, 7) is 4.06. The van der Waals surface area contributed by atoms with Crippen molar-refractivity contribution >= 4 is 28.4 Å². The Morgan fingerprint density at radius 1 is 0.960 bits per heavy atom. The molecule has 2 aromatic carbocycles. The Kier molecular flexibility index (Phi) is 4.31. The zero-order valence-electron chi connectivity index (χ0n) is 14.8. The van der Waals surface area contributed by atoms with Crippen molar-refractivity contribution in [2.75, 3.05) is 19.4 Å². The van der Waals surface area contributed by atoms with Crippen molar-refractivity contribution in [2.45, 2.75) is 13.8 Å². The number of rotatable bonds is 3. The van der Waals surface area contributed by atoms with E-state index in [0.717, 1.165) is 22.2 Å². The maximum absolute atomic E-state index is 12.5. The number of carbonyl (C=O) groups is 2. The summed E-state index contributed by atoms with van der Waals surface area (Å²) >= 11 is 0. The van der Waals surface area contributed by atoms with Gasteiger partial charge >= 0.3 is 0 Å². The summed E-state index contributed by atoms with van der Waals surface area (Å²) in [5.41, 5.74) is 5.12. The molecule has 2 N–H and O–H groups in total. The van der Waals surface area contributed by atoms with E-state index < -0.39 is 0 Å². The Morgan fingerprint density at radius 3 is 2.24 bits per heavy atom. The molecule has 0 saturated carbocycles. The van der Waals surface area contributed by atoms with Gasteiger partial charge in [0.1, 0.15) is 0 Å². The molecule has 128 valence electrons. The van der Waals surface area contributed by atoms with Gasteiger partial charge in [0.15, 0.2) is 0 Å². The third kappa shape index (κ3) is 3.26. The molecule has 0 aliphatic rings. The first-order valence-corrected chi connectivity index (χ1v) is 8.09. The topological polar surface area (TPSA) is 65.2 Å². The predicted octanol–water partition coefficient (Wildman–Crippen LogP) is 3.74. The number of anilines is 1. The van der Waals surface area contributed by atoms with E-state index in [1.54, 1.807) is 44.4 Å². The van der Waals surface area contributed by atoms with E-state index >= 15 is 0 Å². The minimum atomic E-state index is -0.174. The Hall–Kier alpha value is -3.08. The third-order valence-electron chi connectivity index (χ3n) is 4.37. The first-order chi connectivity index (χ1) is 11.9. The van der Waals surface area contributed by atoms with Crippen molar-refractivity contribution in [3.63, 3.8) is 0 Å². The molecule has 25 heavy (non-hydrogen) atoms. The molecule has 0 atom stereocenters. The number of aromatic amines is 1. The Morgan fingerprint density at radius 2 is 1.60 bits per heavy atom. The Balaban J connectivity index is 1.80. The van der Waals surface area contributed by atoms with E-state index in [0.29, 0.717) is 16.8 Å². The van der Waals surface area contributed by atoms with Gasteiger partial charge in [-0.25, -0.2) is 0 Å². The van der Waals surface area contributed by atoms with Crippen LogP contribution in [-0.2, 0) is 0 Å². The summed E-state index contributed by atoms with van der Waals surface area (Å²) in [5, 5.41) is 3.92. The molecule has 3 aromatic rings. The van der Waals surface area contributed by atoms with Gasteiger partial charge in [0.25, 0.3) is 11.8 Å². The standard InChI is InChI=1S/C20H21N3O2/c1-12-13(2)21-18-10-7-15(11-17(12)18)19(24)22-16-8-5-14(6-9-16)20(25)23(3)4/h5-11,21H,1-4H3,(H,22,24). The van der Waals surface area contributed by atoms with Crippen LogP contribution >= 0.6 is 0 Å². The number of hydrogen-bond donors (Lipinski definition) is 2. The largest absolute Gasteiger partial charge is 0.358 e. The number of benzene rings is 2. The second-order valence-corrected chi connectivity index (χ2v) is 6.37. The number of aromatic nitrogens is 1. The van der Waals surface area contributed by atoms with Crippen LogP contribution in [0, 0.1) is 13.8 Å². The first-order valence-electron chi connectivity index (χ1n) is 8.09. The normalized spacial score (nSPS) is 10.7. The van der Waals surface area contributed by atoms with Gasteiger partial charge in [-0.05, 0) is 61.9 Å². The van der Waals surface area contributed by atoms with Crippen molar-refractivity contribution in [1.82, 2.24) is 9.88 Å². The lowest BCUT2D eigenvalue weighted by molar-refractivity contribution is 0.0827. The molecule has 0 saturated heterocycles. The number of fused-ring (bicyclic) bond motifs is 1. The molecule has 0 aliphatic heterocycles. The van der Waals surface area contributed by atoms with Gasteiger partial charge in [-0.15, -0.1) is 0 Å². The van der Waals surface area contributed by atoms with Crippen LogP contribution in [-0.4, -0.2) is 35.8 Å². The van der Waals surface area contributed by atoms with Crippen LogP contribution in [0.5, 0.6) is 0 Å². The van der Waals surface area contributed by atoms with Crippen LogP contribution in [0.3, 0.4) is 0 Å². The number of nitrogens with zero attached hydrogens (tertiary/aromatic N) is 1. The fraction of sp³-hybridized carbons (Fsp3) is 0.200. The van der Waals surface area contributed by atoms with Crippen molar-refractivity contribution < 1.29 is 9.59 Å². The van der Waals surface area contributed by atoms with Gasteiger partial charge in [0, 0.05) is 47.5 Å². The summed E-state index contributed by atoms with van der Waals surface area (Å²) in [5.74, 6) is -0.242. The van der Waals surface area contributed by atoms with Gasteiger partial charge in [-0.3, -0.25) is 9.59 Å². The average molecular weight is 335 g/mol. The quantitative estimate of drug-likeness (QED) is 0.766. The van der Waals surface area contributed by atoms with Gasteiger partial charge in [-0.1, -0.05) is 0 Å². The fourth-order valence-electron chi connectivity index (χ4n) is 2.76. The highest BCUT2D eigenvalue weighted by Crippen LogP contribution is 2.23. The molecule has 1 heterocycles. The highest BCUT2D eigenvalue weighted by molar-refractivity contribution is 6.06. The summed E-state index contributed by atoms with van der Waals surface area (Å²) in [4.78, 5) is 29.2. The molecule has 0 bridgehead atoms. The van der Waals surface area contributed by atoms with Gasteiger partial charge in [0.05, 0.1) is 0 Å². The number of nitrogens with one attached hydrogen (secondary N) is 2. The second-order valence-electron chi connectivity index (χ2n) is 6.37. The van der Waals surface area contributed by atoms with Gasteiger partial charge in [-0.2, -0.15) is 0 Å². The van der Waals surface area contributed by atoms with Crippen LogP contribution in [0.4, 0.5) is 5.69 Å². The molecule has 0 radical (unpaired) electrons. The second kappa shape index (κ2) is 6.43. The van der Waals surface area contributed by atoms with Crippen LogP contribution in [0.15, 0.2) is 42.5 Å².